The van der Waals surface area contributed by atoms with Crippen molar-refractivity contribution in [1.29, 1.82) is 5.26 Å². The number of nitrogens with zero attached hydrogens (tertiary/aromatic N) is 3. The quantitative estimate of drug-likeness (QED) is 0.646. The van der Waals surface area contributed by atoms with E-state index in [1.165, 1.54) is 7.11 Å². The van der Waals surface area contributed by atoms with Crippen LogP contribution in [0.4, 0.5) is 0 Å². The van der Waals surface area contributed by atoms with Crippen LogP contribution in [0.3, 0.4) is 0 Å². The zero-order valence-corrected chi connectivity index (χ0v) is 8.10. The van der Waals surface area contributed by atoms with Gasteiger partial charge in [-0.3, -0.25) is 9.48 Å². The lowest BCUT2D eigenvalue weighted by molar-refractivity contribution is -0.143. The Hall–Kier alpha value is -1.83. The van der Waals surface area contributed by atoms with E-state index in [1.54, 1.807) is 24.0 Å². The molecule has 0 fully saturated rings. The summed E-state index contributed by atoms with van der Waals surface area (Å²) >= 11 is 0. The normalized spacial score (nSPS) is 11.8. The topological polar surface area (TPSA) is 67.9 Å². The number of rotatable bonds is 3. The molecule has 0 saturated carbocycles. The average Bonchev–Trinajstić information content (AvgIpc) is 2.59. The summed E-state index contributed by atoms with van der Waals surface area (Å²) in [6, 6.07) is 3.67. The maximum atomic E-state index is 11.1. The van der Waals surface area contributed by atoms with Gasteiger partial charge in [-0.2, -0.15) is 10.4 Å². The molecule has 5 heteroatoms. The van der Waals surface area contributed by atoms with Gasteiger partial charge in [0.2, 0.25) is 0 Å². The van der Waals surface area contributed by atoms with Gasteiger partial charge in [0.05, 0.1) is 13.2 Å². The number of carbonyl (C=O) groups is 1. The average molecular weight is 193 g/mol. The molecule has 0 saturated heterocycles. The predicted octanol–water partition coefficient (Wildman–Crippen LogP) is 0.275. The first kappa shape index (κ1) is 10.3. The molecule has 0 bridgehead atoms. The zero-order valence-electron chi connectivity index (χ0n) is 8.10. The number of nitriles is 1. The second kappa shape index (κ2) is 4.42. The van der Waals surface area contributed by atoms with E-state index in [0.29, 0.717) is 6.42 Å². The molecule has 1 rings (SSSR count). The van der Waals surface area contributed by atoms with Crippen molar-refractivity contribution in [1.82, 2.24) is 9.78 Å². The summed E-state index contributed by atoms with van der Waals surface area (Å²) in [7, 11) is 3.04. The Labute approximate surface area is 81.9 Å². The first-order chi connectivity index (χ1) is 6.69. The summed E-state index contributed by atoms with van der Waals surface area (Å²) in [5.41, 5.74) is 0.835. The molecule has 14 heavy (non-hydrogen) atoms. The van der Waals surface area contributed by atoms with Crippen LogP contribution in [0.15, 0.2) is 12.3 Å². The molecule has 0 aliphatic carbocycles. The highest BCUT2D eigenvalue weighted by Gasteiger charge is 2.20. The minimum atomic E-state index is -0.754. The zero-order chi connectivity index (χ0) is 10.6. The fraction of sp³-hybridized carbons (Fsp3) is 0.444. The molecule has 0 aliphatic rings. The molecule has 1 heterocycles. The van der Waals surface area contributed by atoms with E-state index in [2.05, 4.69) is 9.84 Å². The van der Waals surface area contributed by atoms with Crippen LogP contribution in [0.2, 0.25) is 0 Å². The van der Waals surface area contributed by atoms with Gasteiger partial charge in [0.25, 0.3) is 0 Å². The summed E-state index contributed by atoms with van der Waals surface area (Å²) in [6.45, 7) is 0. The molecule has 1 aromatic heterocycles. The van der Waals surface area contributed by atoms with Crippen molar-refractivity contribution in [3.05, 3.63) is 18.0 Å². The van der Waals surface area contributed by atoms with E-state index < -0.39 is 11.9 Å². The Bertz CT molecular complexity index is 364. The molecule has 0 aliphatic heterocycles. The van der Waals surface area contributed by atoms with Crippen LogP contribution in [0.5, 0.6) is 0 Å². The van der Waals surface area contributed by atoms with Crippen molar-refractivity contribution in [3.63, 3.8) is 0 Å². The fourth-order valence-electron chi connectivity index (χ4n) is 1.13. The Kier molecular flexibility index (Phi) is 3.24. The Morgan fingerprint density at radius 2 is 2.57 bits per heavy atom. The monoisotopic (exact) mass is 193 g/mol. The van der Waals surface area contributed by atoms with Gasteiger partial charge in [-0.05, 0) is 6.07 Å². The molecule has 0 radical (unpaired) electrons. The highest BCUT2D eigenvalue weighted by Crippen LogP contribution is 2.08. The first-order valence-electron chi connectivity index (χ1n) is 4.13. The third-order valence-corrected chi connectivity index (χ3v) is 1.98. The van der Waals surface area contributed by atoms with Gasteiger partial charge in [0.15, 0.2) is 0 Å². The maximum Gasteiger partial charge on any atom is 0.323 e. The Morgan fingerprint density at radius 3 is 3.00 bits per heavy atom. The van der Waals surface area contributed by atoms with Crippen molar-refractivity contribution >= 4 is 5.97 Å². The van der Waals surface area contributed by atoms with Gasteiger partial charge >= 0.3 is 5.97 Å². The summed E-state index contributed by atoms with van der Waals surface area (Å²) in [4.78, 5) is 11.1. The molecule has 5 nitrogen and oxygen atoms in total. The van der Waals surface area contributed by atoms with E-state index in [1.807, 2.05) is 6.07 Å². The lowest BCUT2D eigenvalue weighted by Crippen LogP contribution is -2.18. The number of aromatic nitrogens is 2. The number of esters is 1. The lowest BCUT2D eigenvalue weighted by Gasteiger charge is -2.06. The van der Waals surface area contributed by atoms with Crippen LogP contribution in [0, 0.1) is 17.2 Å². The predicted molar refractivity (Wildman–Crippen MR) is 48.0 cm³/mol. The summed E-state index contributed by atoms with van der Waals surface area (Å²) in [6.07, 6.45) is 1.96. The first-order valence-corrected chi connectivity index (χ1v) is 4.13. The number of hydrogen-bond donors (Lipinski definition) is 0. The van der Waals surface area contributed by atoms with Crippen molar-refractivity contribution in [2.75, 3.05) is 7.11 Å². The second-order valence-corrected chi connectivity index (χ2v) is 2.86. The third-order valence-electron chi connectivity index (χ3n) is 1.98. The van der Waals surface area contributed by atoms with Gasteiger partial charge in [-0.25, -0.2) is 0 Å². The summed E-state index contributed by atoms with van der Waals surface area (Å²) < 4.78 is 6.13. The molecule has 0 spiro atoms. The van der Waals surface area contributed by atoms with Crippen molar-refractivity contribution in [2.45, 2.75) is 6.42 Å². The Morgan fingerprint density at radius 1 is 1.86 bits per heavy atom. The summed E-state index contributed by atoms with van der Waals surface area (Å²) in [5.74, 6) is -1.26. The molecular weight excluding hydrogens is 182 g/mol. The van der Waals surface area contributed by atoms with Crippen molar-refractivity contribution in [2.24, 2.45) is 13.0 Å². The molecule has 1 atom stereocenters. The number of aryl methyl sites for hydroxylation is 1. The minimum absolute atomic E-state index is 0.333. The molecule has 0 N–H and O–H groups in total. The number of carbonyl (C=O) groups excluding carboxylic acids is 1. The number of hydrogen-bond acceptors (Lipinski definition) is 4. The lowest BCUT2D eigenvalue weighted by atomic mass is 10.1. The number of ether oxygens (including phenoxy) is 1. The highest BCUT2D eigenvalue weighted by atomic mass is 16.5. The van der Waals surface area contributed by atoms with Crippen LogP contribution in [0.25, 0.3) is 0 Å². The smallest absolute Gasteiger partial charge is 0.323 e. The molecule has 0 amide bonds. The van der Waals surface area contributed by atoms with Gasteiger partial charge in [0.1, 0.15) is 5.92 Å². The van der Waals surface area contributed by atoms with Crippen LogP contribution in [-0.4, -0.2) is 22.9 Å². The molecule has 0 aromatic carbocycles. The minimum Gasteiger partial charge on any atom is -0.468 e. The standard InChI is InChI=1S/C9H11N3O2/c1-12-8(3-4-11-12)5-7(6-10)9(13)14-2/h3-4,7H,5H2,1-2H3. The molecule has 1 aromatic rings. The van der Waals surface area contributed by atoms with Crippen molar-refractivity contribution in [3.8, 4) is 6.07 Å². The molecule has 1 unspecified atom stereocenters. The van der Waals surface area contributed by atoms with E-state index in [0.717, 1.165) is 5.69 Å². The molecular formula is C9H11N3O2. The van der Waals surface area contributed by atoms with E-state index in [4.69, 9.17) is 5.26 Å². The van der Waals surface area contributed by atoms with Crippen molar-refractivity contribution < 1.29 is 9.53 Å². The van der Waals surface area contributed by atoms with Gasteiger partial charge < -0.3 is 4.74 Å². The van der Waals surface area contributed by atoms with Gasteiger partial charge in [-0.1, -0.05) is 0 Å². The fourth-order valence-corrected chi connectivity index (χ4v) is 1.13. The number of methoxy groups -OCH3 is 1. The summed E-state index contributed by atoms with van der Waals surface area (Å²) in [5, 5.41) is 12.7. The largest absolute Gasteiger partial charge is 0.468 e. The van der Waals surface area contributed by atoms with E-state index >= 15 is 0 Å². The van der Waals surface area contributed by atoms with Gasteiger partial charge in [-0.15, -0.1) is 0 Å². The van der Waals surface area contributed by atoms with Crippen LogP contribution in [0.1, 0.15) is 5.69 Å². The maximum absolute atomic E-state index is 11.1. The third kappa shape index (κ3) is 2.10. The molecule has 74 valence electrons. The Balaban J connectivity index is 2.72. The van der Waals surface area contributed by atoms with Crippen LogP contribution in [-0.2, 0) is 23.0 Å². The van der Waals surface area contributed by atoms with Crippen LogP contribution >= 0.6 is 0 Å². The highest BCUT2D eigenvalue weighted by molar-refractivity contribution is 5.75. The van der Waals surface area contributed by atoms with Crippen LogP contribution < -0.4 is 0 Å². The SMILES string of the molecule is COC(=O)C(C#N)Cc1ccnn1C. The van der Waals surface area contributed by atoms with E-state index in [-0.39, 0.29) is 0 Å². The second-order valence-electron chi connectivity index (χ2n) is 2.86. The van der Waals surface area contributed by atoms with Gasteiger partial charge in [0, 0.05) is 25.4 Å². The van der Waals surface area contributed by atoms with E-state index in [9.17, 15) is 4.79 Å².